The van der Waals surface area contributed by atoms with Gasteiger partial charge >= 0.3 is 0 Å². The van der Waals surface area contributed by atoms with Gasteiger partial charge in [0.05, 0.1) is 11.7 Å². The van der Waals surface area contributed by atoms with Crippen LogP contribution >= 0.6 is 11.3 Å². The lowest BCUT2D eigenvalue weighted by molar-refractivity contribution is 0.718. The van der Waals surface area contributed by atoms with Crippen LogP contribution in [-0.2, 0) is 6.54 Å². The first-order valence-electron chi connectivity index (χ1n) is 4.17. The number of thiophene rings is 1. The summed E-state index contributed by atoms with van der Waals surface area (Å²) < 4.78 is 1.63. The zero-order valence-corrected chi connectivity index (χ0v) is 8.39. The highest BCUT2D eigenvalue weighted by Gasteiger charge is 2.06. The maximum absolute atomic E-state index is 11.8. The zero-order chi connectivity index (χ0) is 9.42. The van der Waals surface area contributed by atoms with E-state index in [2.05, 4.69) is 4.98 Å². The van der Waals surface area contributed by atoms with E-state index in [4.69, 9.17) is 0 Å². The third kappa shape index (κ3) is 1.18. The molecule has 0 saturated heterocycles. The van der Waals surface area contributed by atoms with E-state index in [1.54, 1.807) is 10.9 Å². The van der Waals surface area contributed by atoms with Crippen LogP contribution in [0.15, 0.2) is 16.5 Å². The second kappa shape index (κ2) is 2.96. The Morgan fingerprint density at radius 1 is 1.62 bits per heavy atom. The summed E-state index contributed by atoms with van der Waals surface area (Å²) in [5, 5.41) is 2.74. The molecule has 2 aromatic rings. The highest BCUT2D eigenvalue weighted by molar-refractivity contribution is 7.16. The number of hydrogen-bond acceptors (Lipinski definition) is 3. The van der Waals surface area contributed by atoms with Gasteiger partial charge in [-0.05, 0) is 24.8 Å². The first kappa shape index (κ1) is 8.44. The molecular formula is C9H10N2OS. The lowest BCUT2D eigenvalue weighted by Gasteiger charge is -1.99. The van der Waals surface area contributed by atoms with Gasteiger partial charge in [-0.15, -0.1) is 11.3 Å². The van der Waals surface area contributed by atoms with Gasteiger partial charge in [0, 0.05) is 6.54 Å². The van der Waals surface area contributed by atoms with E-state index in [0.29, 0.717) is 6.54 Å². The monoisotopic (exact) mass is 194 g/mol. The number of hydrogen-bond donors (Lipinski definition) is 0. The Bertz CT molecular complexity index is 498. The molecule has 4 heteroatoms. The number of nitrogens with zero attached hydrogens (tertiary/aromatic N) is 2. The van der Waals surface area contributed by atoms with Crippen molar-refractivity contribution in [2.45, 2.75) is 20.4 Å². The van der Waals surface area contributed by atoms with Crippen molar-refractivity contribution in [3.8, 4) is 0 Å². The highest BCUT2D eigenvalue weighted by atomic mass is 32.1. The predicted molar refractivity (Wildman–Crippen MR) is 54.3 cm³/mol. The molecule has 0 saturated carbocycles. The normalized spacial score (nSPS) is 10.9. The molecule has 0 aliphatic carbocycles. The van der Waals surface area contributed by atoms with Crippen molar-refractivity contribution in [1.82, 2.24) is 9.55 Å². The van der Waals surface area contributed by atoms with Crippen LogP contribution in [0.3, 0.4) is 0 Å². The van der Waals surface area contributed by atoms with Crippen LogP contribution in [0.4, 0.5) is 0 Å². The van der Waals surface area contributed by atoms with Crippen molar-refractivity contribution in [3.63, 3.8) is 0 Å². The van der Waals surface area contributed by atoms with Gasteiger partial charge in [0.1, 0.15) is 4.83 Å². The maximum atomic E-state index is 11.8. The Balaban J connectivity index is 2.92. The van der Waals surface area contributed by atoms with Crippen LogP contribution in [0.2, 0.25) is 0 Å². The molecule has 2 rings (SSSR count). The van der Waals surface area contributed by atoms with Gasteiger partial charge in [-0.25, -0.2) is 4.98 Å². The number of aromatic nitrogens is 2. The predicted octanol–water partition coefficient (Wildman–Crippen LogP) is 1.79. The SMILES string of the molecule is CCn1cnc2scc(C)c2c1=O. The molecule has 0 aliphatic heterocycles. The first-order valence-corrected chi connectivity index (χ1v) is 5.05. The van der Waals surface area contributed by atoms with E-state index in [1.807, 2.05) is 19.2 Å². The molecule has 2 heterocycles. The summed E-state index contributed by atoms with van der Waals surface area (Å²) in [5.41, 5.74) is 1.10. The van der Waals surface area contributed by atoms with Crippen molar-refractivity contribution in [2.24, 2.45) is 0 Å². The van der Waals surface area contributed by atoms with Crippen molar-refractivity contribution in [1.29, 1.82) is 0 Å². The van der Waals surface area contributed by atoms with Crippen LogP contribution < -0.4 is 5.56 Å². The van der Waals surface area contributed by atoms with E-state index >= 15 is 0 Å². The van der Waals surface area contributed by atoms with Crippen molar-refractivity contribution >= 4 is 21.6 Å². The average molecular weight is 194 g/mol. The van der Waals surface area contributed by atoms with Crippen molar-refractivity contribution in [2.75, 3.05) is 0 Å². The Labute approximate surface area is 79.7 Å². The van der Waals surface area contributed by atoms with Crippen LogP contribution in [0, 0.1) is 6.92 Å². The molecule has 0 unspecified atom stereocenters. The number of rotatable bonds is 1. The first-order chi connectivity index (χ1) is 6.24. The molecule has 0 spiro atoms. The molecule has 13 heavy (non-hydrogen) atoms. The second-order valence-electron chi connectivity index (χ2n) is 2.93. The Morgan fingerprint density at radius 2 is 2.38 bits per heavy atom. The summed E-state index contributed by atoms with van der Waals surface area (Å²) in [7, 11) is 0. The number of fused-ring (bicyclic) bond motifs is 1. The fourth-order valence-corrected chi connectivity index (χ4v) is 2.21. The third-order valence-corrected chi connectivity index (χ3v) is 3.09. The van der Waals surface area contributed by atoms with Crippen LogP contribution in [0.1, 0.15) is 12.5 Å². The minimum atomic E-state index is 0.0752. The minimum Gasteiger partial charge on any atom is -0.299 e. The van der Waals surface area contributed by atoms with Gasteiger partial charge in [-0.2, -0.15) is 0 Å². The molecule has 0 atom stereocenters. The van der Waals surface area contributed by atoms with Crippen LogP contribution in [-0.4, -0.2) is 9.55 Å². The summed E-state index contributed by atoms with van der Waals surface area (Å²) >= 11 is 1.52. The number of aryl methyl sites for hydroxylation is 2. The molecule has 3 nitrogen and oxygen atoms in total. The molecule has 0 bridgehead atoms. The molecule has 2 aromatic heterocycles. The Hall–Kier alpha value is -1.16. The van der Waals surface area contributed by atoms with Gasteiger partial charge in [-0.3, -0.25) is 9.36 Å². The highest BCUT2D eigenvalue weighted by Crippen LogP contribution is 2.18. The summed E-state index contributed by atoms with van der Waals surface area (Å²) in [6.45, 7) is 4.57. The summed E-state index contributed by atoms with van der Waals surface area (Å²) in [4.78, 5) is 16.8. The van der Waals surface area contributed by atoms with Gasteiger partial charge in [-0.1, -0.05) is 0 Å². The molecule has 0 radical (unpaired) electrons. The molecular weight excluding hydrogens is 184 g/mol. The zero-order valence-electron chi connectivity index (χ0n) is 7.57. The summed E-state index contributed by atoms with van der Waals surface area (Å²) in [6.07, 6.45) is 1.61. The minimum absolute atomic E-state index is 0.0752. The van der Waals surface area contributed by atoms with E-state index < -0.39 is 0 Å². The molecule has 0 N–H and O–H groups in total. The maximum Gasteiger partial charge on any atom is 0.262 e. The fourth-order valence-electron chi connectivity index (χ4n) is 1.33. The smallest absolute Gasteiger partial charge is 0.262 e. The quantitative estimate of drug-likeness (QED) is 0.693. The second-order valence-corrected chi connectivity index (χ2v) is 3.79. The van der Waals surface area contributed by atoms with Gasteiger partial charge in [0.2, 0.25) is 0 Å². The van der Waals surface area contributed by atoms with Gasteiger partial charge < -0.3 is 0 Å². The van der Waals surface area contributed by atoms with E-state index in [1.165, 1.54) is 11.3 Å². The largest absolute Gasteiger partial charge is 0.299 e. The van der Waals surface area contributed by atoms with Gasteiger partial charge in [0.25, 0.3) is 5.56 Å². The van der Waals surface area contributed by atoms with Crippen molar-refractivity contribution in [3.05, 3.63) is 27.6 Å². The lowest BCUT2D eigenvalue weighted by atomic mass is 10.3. The Kier molecular flexibility index (Phi) is 1.92. The van der Waals surface area contributed by atoms with Crippen LogP contribution in [0.5, 0.6) is 0 Å². The average Bonchev–Trinajstić information content (AvgIpc) is 2.49. The molecule has 0 aliphatic rings. The van der Waals surface area contributed by atoms with E-state index in [-0.39, 0.29) is 5.56 Å². The Morgan fingerprint density at radius 3 is 3.08 bits per heavy atom. The van der Waals surface area contributed by atoms with Gasteiger partial charge in [0.15, 0.2) is 0 Å². The van der Waals surface area contributed by atoms with Crippen LogP contribution in [0.25, 0.3) is 10.2 Å². The molecule has 0 aromatic carbocycles. The van der Waals surface area contributed by atoms with E-state index in [0.717, 1.165) is 15.8 Å². The standard InChI is InChI=1S/C9H10N2OS/c1-3-11-5-10-8-7(9(11)12)6(2)4-13-8/h4-5H,3H2,1-2H3. The molecule has 0 amide bonds. The summed E-state index contributed by atoms with van der Waals surface area (Å²) in [6, 6.07) is 0. The topological polar surface area (TPSA) is 34.9 Å². The molecule has 68 valence electrons. The lowest BCUT2D eigenvalue weighted by Crippen LogP contribution is -2.19. The van der Waals surface area contributed by atoms with Crippen molar-refractivity contribution < 1.29 is 0 Å². The fraction of sp³-hybridized carbons (Fsp3) is 0.333. The summed E-state index contributed by atoms with van der Waals surface area (Å²) in [5.74, 6) is 0. The molecule has 0 fully saturated rings. The van der Waals surface area contributed by atoms with E-state index in [9.17, 15) is 4.79 Å². The third-order valence-electron chi connectivity index (χ3n) is 2.09.